The molecule has 12 aromatic carbocycles. The second-order valence-electron chi connectivity index (χ2n) is 18.0. The minimum atomic E-state index is 0.889. The number of rotatable bonds is 9. The Bertz CT molecular complexity index is 3990. The van der Waals surface area contributed by atoms with Crippen molar-refractivity contribution in [1.82, 2.24) is 0 Å². The van der Waals surface area contributed by atoms with Gasteiger partial charge in [0.15, 0.2) is 0 Å². The molecule has 1 heterocycles. The van der Waals surface area contributed by atoms with Gasteiger partial charge in [0, 0.05) is 33.4 Å². The van der Waals surface area contributed by atoms with E-state index in [1.54, 1.807) is 0 Å². The normalized spacial score (nSPS) is 11.4. The number of benzene rings is 12. The fourth-order valence-corrected chi connectivity index (χ4v) is 10.6. The standard InChI is InChI=1S/C68H45NO/c1-5-20-46(21-6-1)53-40-54(47-22-7-2-8-23-47)44-57(43-53)69(56-31-18-29-52(42-56)58-35-19-36-63-61-33-15-16-37-65(61)70-68(58)63)55-30-17-28-50(41-55)51-38-39-60-59-32-13-14-34-62(59)66(48-24-9-3-10-25-48)67(64(60)45-51)49-26-11-4-12-27-49/h1-45H. The van der Waals surface area contributed by atoms with Crippen LogP contribution >= 0.6 is 0 Å². The van der Waals surface area contributed by atoms with Crippen LogP contribution < -0.4 is 4.90 Å². The number of hydrogen-bond acceptors (Lipinski definition) is 2. The largest absolute Gasteiger partial charge is 0.455 e. The van der Waals surface area contributed by atoms with Gasteiger partial charge in [-0.1, -0.05) is 218 Å². The molecular formula is C68H45NO. The highest BCUT2D eigenvalue weighted by Crippen LogP contribution is 2.47. The Morgan fingerprint density at radius 3 is 1.31 bits per heavy atom. The summed E-state index contributed by atoms with van der Waals surface area (Å²) in [4.78, 5) is 2.42. The van der Waals surface area contributed by atoms with Crippen LogP contribution in [0.25, 0.3) is 110 Å². The van der Waals surface area contributed by atoms with Crippen LogP contribution in [0.1, 0.15) is 0 Å². The van der Waals surface area contributed by atoms with Gasteiger partial charge in [-0.15, -0.1) is 0 Å². The van der Waals surface area contributed by atoms with E-state index in [4.69, 9.17) is 4.42 Å². The summed E-state index contributed by atoms with van der Waals surface area (Å²) >= 11 is 0. The first kappa shape index (κ1) is 41.0. The van der Waals surface area contributed by atoms with E-state index in [1.807, 2.05) is 6.07 Å². The van der Waals surface area contributed by atoms with Gasteiger partial charge in [0.25, 0.3) is 0 Å². The number of hydrogen-bond donors (Lipinski definition) is 0. The fraction of sp³-hybridized carbons (Fsp3) is 0. The summed E-state index contributed by atoms with van der Waals surface area (Å²) in [6, 6.07) is 98.8. The third-order valence-corrected chi connectivity index (χ3v) is 13.8. The van der Waals surface area contributed by atoms with E-state index in [2.05, 4.69) is 272 Å². The summed E-state index contributed by atoms with van der Waals surface area (Å²) in [7, 11) is 0. The molecular weight excluding hydrogens is 847 g/mol. The number of furan rings is 1. The third kappa shape index (κ3) is 7.31. The van der Waals surface area contributed by atoms with Gasteiger partial charge in [-0.3, -0.25) is 0 Å². The van der Waals surface area contributed by atoms with Gasteiger partial charge < -0.3 is 9.32 Å². The van der Waals surface area contributed by atoms with Crippen LogP contribution in [0, 0.1) is 0 Å². The molecule has 0 amide bonds. The molecule has 0 aliphatic heterocycles. The maximum absolute atomic E-state index is 6.61. The molecule has 328 valence electrons. The van der Waals surface area contributed by atoms with E-state index in [9.17, 15) is 0 Å². The quantitative estimate of drug-likeness (QED) is 0.134. The molecule has 0 aliphatic rings. The molecule has 2 heteroatoms. The molecule has 0 bridgehead atoms. The van der Waals surface area contributed by atoms with Crippen LogP contribution in [0.5, 0.6) is 0 Å². The zero-order valence-electron chi connectivity index (χ0n) is 38.3. The molecule has 13 rings (SSSR count). The molecule has 0 atom stereocenters. The van der Waals surface area contributed by atoms with Crippen LogP contribution in [0.15, 0.2) is 277 Å². The first-order valence-corrected chi connectivity index (χ1v) is 24.0. The first-order chi connectivity index (χ1) is 34.7. The van der Waals surface area contributed by atoms with Gasteiger partial charge >= 0.3 is 0 Å². The zero-order chi connectivity index (χ0) is 46.4. The number of para-hydroxylation sites is 2. The summed E-state index contributed by atoms with van der Waals surface area (Å²) < 4.78 is 6.61. The molecule has 13 aromatic rings. The van der Waals surface area contributed by atoms with Crippen molar-refractivity contribution >= 4 is 60.5 Å². The SMILES string of the molecule is c1ccc(-c2cc(-c3ccccc3)cc(N(c3cccc(-c4ccc5c(c4)c(-c4ccccc4)c(-c4ccccc4)c4ccccc45)c3)c3cccc(-c4cccc5c4oc4ccccc45)c3)c2)cc1. The van der Waals surface area contributed by atoms with E-state index in [0.717, 1.165) is 83.5 Å². The van der Waals surface area contributed by atoms with E-state index in [-0.39, 0.29) is 0 Å². The first-order valence-electron chi connectivity index (χ1n) is 24.0. The lowest BCUT2D eigenvalue weighted by molar-refractivity contribution is 0.670. The highest BCUT2D eigenvalue weighted by Gasteiger charge is 2.21. The molecule has 0 saturated heterocycles. The second kappa shape index (κ2) is 17.4. The fourth-order valence-electron chi connectivity index (χ4n) is 10.6. The smallest absolute Gasteiger partial charge is 0.143 e. The molecule has 0 saturated carbocycles. The van der Waals surface area contributed by atoms with Crippen LogP contribution in [-0.2, 0) is 0 Å². The maximum atomic E-state index is 6.61. The van der Waals surface area contributed by atoms with Gasteiger partial charge in [0.2, 0.25) is 0 Å². The van der Waals surface area contributed by atoms with Crippen molar-refractivity contribution in [2.24, 2.45) is 0 Å². The monoisotopic (exact) mass is 891 g/mol. The van der Waals surface area contributed by atoms with Crippen LogP contribution in [0.4, 0.5) is 17.1 Å². The number of nitrogens with zero attached hydrogens (tertiary/aromatic N) is 1. The Hall–Kier alpha value is -9.24. The molecule has 2 nitrogen and oxygen atoms in total. The van der Waals surface area contributed by atoms with Gasteiger partial charge in [-0.2, -0.15) is 0 Å². The summed E-state index contributed by atoms with van der Waals surface area (Å²) in [5.74, 6) is 0. The lowest BCUT2D eigenvalue weighted by Crippen LogP contribution is -2.10. The van der Waals surface area contributed by atoms with Crippen LogP contribution in [0.2, 0.25) is 0 Å². The Labute approximate surface area is 407 Å². The average molecular weight is 892 g/mol. The summed E-state index contributed by atoms with van der Waals surface area (Å²) in [5, 5.41) is 7.18. The minimum absolute atomic E-state index is 0.889. The minimum Gasteiger partial charge on any atom is -0.455 e. The van der Waals surface area contributed by atoms with Crippen molar-refractivity contribution in [1.29, 1.82) is 0 Å². The van der Waals surface area contributed by atoms with E-state index >= 15 is 0 Å². The topological polar surface area (TPSA) is 16.4 Å². The Morgan fingerprint density at radius 2 is 0.671 bits per heavy atom. The van der Waals surface area contributed by atoms with E-state index in [1.165, 1.54) is 43.8 Å². The highest BCUT2D eigenvalue weighted by molar-refractivity contribution is 6.22. The molecule has 0 aliphatic carbocycles. The lowest BCUT2D eigenvalue weighted by atomic mass is 9.84. The van der Waals surface area contributed by atoms with Gasteiger partial charge in [-0.05, 0) is 137 Å². The van der Waals surface area contributed by atoms with Crippen LogP contribution in [0.3, 0.4) is 0 Å². The molecule has 0 spiro atoms. The summed E-state index contributed by atoms with van der Waals surface area (Å²) in [6.07, 6.45) is 0. The highest BCUT2D eigenvalue weighted by atomic mass is 16.3. The predicted molar refractivity (Wildman–Crippen MR) is 296 cm³/mol. The van der Waals surface area contributed by atoms with Gasteiger partial charge in [0.1, 0.15) is 11.2 Å². The van der Waals surface area contributed by atoms with Crippen molar-refractivity contribution in [2.45, 2.75) is 0 Å². The van der Waals surface area contributed by atoms with E-state index < -0.39 is 0 Å². The molecule has 0 radical (unpaired) electrons. The number of fused-ring (bicyclic) bond motifs is 6. The van der Waals surface area contributed by atoms with E-state index in [0.29, 0.717) is 0 Å². The summed E-state index contributed by atoms with van der Waals surface area (Å²) in [6.45, 7) is 0. The van der Waals surface area contributed by atoms with Crippen molar-refractivity contribution in [3.05, 3.63) is 273 Å². The maximum Gasteiger partial charge on any atom is 0.143 e. The molecule has 1 aromatic heterocycles. The molecule has 70 heavy (non-hydrogen) atoms. The van der Waals surface area contributed by atoms with Gasteiger partial charge in [0.05, 0.1) is 0 Å². The van der Waals surface area contributed by atoms with Crippen molar-refractivity contribution in [3.63, 3.8) is 0 Å². The van der Waals surface area contributed by atoms with Gasteiger partial charge in [-0.25, -0.2) is 0 Å². The molecule has 0 unspecified atom stereocenters. The molecule has 0 fully saturated rings. The average Bonchev–Trinajstić information content (AvgIpc) is 3.83. The zero-order valence-corrected chi connectivity index (χ0v) is 38.3. The lowest BCUT2D eigenvalue weighted by Gasteiger charge is -2.28. The Morgan fingerprint density at radius 1 is 0.229 bits per heavy atom. The Balaban J connectivity index is 1.03. The third-order valence-electron chi connectivity index (χ3n) is 13.8. The number of anilines is 3. The van der Waals surface area contributed by atoms with Crippen molar-refractivity contribution < 1.29 is 4.42 Å². The van der Waals surface area contributed by atoms with Crippen LogP contribution in [-0.4, -0.2) is 0 Å². The van der Waals surface area contributed by atoms with Crippen molar-refractivity contribution in [3.8, 4) is 66.8 Å². The molecule has 0 N–H and O–H groups in total. The van der Waals surface area contributed by atoms with Crippen molar-refractivity contribution in [2.75, 3.05) is 4.90 Å². The summed E-state index contributed by atoms with van der Waals surface area (Å²) in [5.41, 5.74) is 18.8. The predicted octanol–water partition coefficient (Wildman–Crippen LogP) is 19.4. The Kier molecular flexibility index (Phi) is 10.2. The second-order valence-corrected chi connectivity index (χ2v) is 18.0.